The van der Waals surface area contributed by atoms with Crippen molar-refractivity contribution in [1.29, 1.82) is 0 Å². The number of carboxylic acids is 1. The average molecular weight is 234 g/mol. The highest BCUT2D eigenvalue weighted by Crippen LogP contribution is 2.19. The number of hydrogen-bond donors (Lipinski definition) is 1. The molecule has 4 heteroatoms. The van der Waals surface area contributed by atoms with Gasteiger partial charge in [-0.3, -0.25) is 14.7 Å². The van der Waals surface area contributed by atoms with Crippen LogP contribution in [0.1, 0.15) is 24.0 Å². The van der Waals surface area contributed by atoms with E-state index in [1.54, 1.807) is 6.20 Å². The molecule has 1 fully saturated rings. The molecule has 17 heavy (non-hydrogen) atoms. The molecule has 0 unspecified atom stereocenters. The van der Waals surface area contributed by atoms with E-state index in [1.165, 1.54) is 11.1 Å². The van der Waals surface area contributed by atoms with Gasteiger partial charge in [0.15, 0.2) is 0 Å². The van der Waals surface area contributed by atoms with Crippen LogP contribution < -0.4 is 0 Å². The van der Waals surface area contributed by atoms with Crippen LogP contribution in [-0.4, -0.2) is 34.0 Å². The first-order valence-corrected chi connectivity index (χ1v) is 6.01. The number of aromatic nitrogens is 1. The molecule has 0 atom stereocenters. The van der Waals surface area contributed by atoms with Crippen molar-refractivity contribution in [3.8, 4) is 0 Å². The lowest BCUT2D eigenvalue weighted by atomic mass is 9.96. The third-order valence-corrected chi connectivity index (χ3v) is 3.48. The second-order valence-corrected chi connectivity index (χ2v) is 4.69. The summed E-state index contributed by atoms with van der Waals surface area (Å²) in [7, 11) is 0. The Balaban J connectivity index is 1.90. The van der Waals surface area contributed by atoms with Gasteiger partial charge in [0.2, 0.25) is 0 Å². The minimum absolute atomic E-state index is 0.152. The van der Waals surface area contributed by atoms with Gasteiger partial charge in [0.05, 0.1) is 5.92 Å². The molecule has 1 saturated heterocycles. The van der Waals surface area contributed by atoms with Crippen LogP contribution in [0.3, 0.4) is 0 Å². The van der Waals surface area contributed by atoms with Crippen molar-refractivity contribution in [2.45, 2.75) is 26.3 Å². The molecule has 4 nitrogen and oxygen atoms in total. The molecule has 0 aromatic carbocycles. The number of piperidine rings is 1. The van der Waals surface area contributed by atoms with Gasteiger partial charge in [-0.05, 0) is 50.0 Å². The number of carbonyl (C=O) groups is 1. The highest BCUT2D eigenvalue weighted by Gasteiger charge is 2.24. The summed E-state index contributed by atoms with van der Waals surface area (Å²) in [5, 5.41) is 8.93. The quantitative estimate of drug-likeness (QED) is 0.864. The first-order chi connectivity index (χ1) is 8.16. The number of nitrogens with zero attached hydrogens (tertiary/aromatic N) is 2. The number of rotatable bonds is 3. The topological polar surface area (TPSA) is 53.4 Å². The second-order valence-electron chi connectivity index (χ2n) is 4.69. The maximum absolute atomic E-state index is 10.8. The molecule has 1 aromatic rings. The zero-order chi connectivity index (χ0) is 12.3. The van der Waals surface area contributed by atoms with Gasteiger partial charge in [-0.1, -0.05) is 0 Å². The van der Waals surface area contributed by atoms with Gasteiger partial charge in [0.25, 0.3) is 0 Å². The predicted octanol–water partition coefficient (Wildman–Crippen LogP) is 1.69. The summed E-state index contributed by atoms with van der Waals surface area (Å²) in [6, 6.07) is 2.01. The SMILES string of the molecule is Cc1ccncc1CN1CCC(C(=O)O)CC1. The Morgan fingerprint density at radius 3 is 2.82 bits per heavy atom. The Bertz CT molecular complexity index is 398. The Hall–Kier alpha value is -1.42. The lowest BCUT2D eigenvalue weighted by Gasteiger charge is -2.30. The Labute approximate surface area is 101 Å². The van der Waals surface area contributed by atoms with Crippen LogP contribution in [0.4, 0.5) is 0 Å². The minimum Gasteiger partial charge on any atom is -0.481 e. The first-order valence-electron chi connectivity index (χ1n) is 6.01. The number of aliphatic carboxylic acids is 1. The number of carboxylic acid groups (broad SMARTS) is 1. The Morgan fingerprint density at radius 2 is 2.24 bits per heavy atom. The van der Waals surface area contributed by atoms with E-state index in [0.717, 1.165) is 32.5 Å². The van der Waals surface area contributed by atoms with Crippen LogP contribution >= 0.6 is 0 Å². The second kappa shape index (κ2) is 5.27. The summed E-state index contributed by atoms with van der Waals surface area (Å²) in [6.07, 6.45) is 5.22. The van der Waals surface area contributed by atoms with E-state index >= 15 is 0 Å². The standard InChI is InChI=1S/C13H18N2O2/c1-10-2-5-14-8-12(10)9-15-6-3-11(4-7-15)13(16)17/h2,5,8,11H,3-4,6-7,9H2,1H3,(H,16,17). The summed E-state index contributed by atoms with van der Waals surface area (Å²) in [4.78, 5) is 17.3. The van der Waals surface area contributed by atoms with Crippen LogP contribution in [0, 0.1) is 12.8 Å². The molecule has 0 amide bonds. The Morgan fingerprint density at radius 1 is 1.53 bits per heavy atom. The van der Waals surface area contributed by atoms with Crippen molar-refractivity contribution in [2.24, 2.45) is 5.92 Å². The monoisotopic (exact) mass is 234 g/mol. The third-order valence-electron chi connectivity index (χ3n) is 3.48. The molecule has 1 aromatic heterocycles. The lowest BCUT2D eigenvalue weighted by Crippen LogP contribution is -2.36. The van der Waals surface area contributed by atoms with Crippen LogP contribution in [-0.2, 0) is 11.3 Å². The lowest BCUT2D eigenvalue weighted by molar-refractivity contribution is -0.143. The fourth-order valence-electron chi connectivity index (χ4n) is 2.24. The van der Waals surface area contributed by atoms with Gasteiger partial charge < -0.3 is 5.11 Å². The van der Waals surface area contributed by atoms with Gasteiger partial charge in [0, 0.05) is 18.9 Å². The molecule has 0 radical (unpaired) electrons. The van der Waals surface area contributed by atoms with Gasteiger partial charge in [0.1, 0.15) is 0 Å². The number of likely N-dealkylation sites (tertiary alicyclic amines) is 1. The first kappa shape index (κ1) is 12.0. The van der Waals surface area contributed by atoms with Crippen molar-refractivity contribution in [3.63, 3.8) is 0 Å². The van der Waals surface area contributed by atoms with Crippen LogP contribution in [0.5, 0.6) is 0 Å². The molecule has 0 aliphatic carbocycles. The molecule has 1 N–H and O–H groups in total. The molecule has 1 aliphatic heterocycles. The van der Waals surface area contributed by atoms with Crippen molar-refractivity contribution < 1.29 is 9.90 Å². The third kappa shape index (κ3) is 3.03. The van der Waals surface area contributed by atoms with Gasteiger partial charge in [-0.2, -0.15) is 0 Å². The fourth-order valence-corrected chi connectivity index (χ4v) is 2.24. The van der Waals surface area contributed by atoms with Gasteiger partial charge in [-0.15, -0.1) is 0 Å². The molecule has 92 valence electrons. The van der Waals surface area contributed by atoms with E-state index in [-0.39, 0.29) is 5.92 Å². The van der Waals surface area contributed by atoms with Gasteiger partial charge >= 0.3 is 5.97 Å². The average Bonchev–Trinajstić information content (AvgIpc) is 2.33. The van der Waals surface area contributed by atoms with Crippen molar-refractivity contribution in [1.82, 2.24) is 9.88 Å². The van der Waals surface area contributed by atoms with Crippen molar-refractivity contribution in [3.05, 3.63) is 29.6 Å². The molecule has 2 rings (SSSR count). The molecule has 0 saturated carbocycles. The summed E-state index contributed by atoms with van der Waals surface area (Å²) in [5.41, 5.74) is 2.49. The maximum atomic E-state index is 10.8. The highest BCUT2D eigenvalue weighted by molar-refractivity contribution is 5.70. The van der Waals surface area contributed by atoms with Crippen LogP contribution in [0.15, 0.2) is 18.5 Å². The molecule has 1 aliphatic rings. The highest BCUT2D eigenvalue weighted by atomic mass is 16.4. The van der Waals surface area contributed by atoms with Crippen LogP contribution in [0.2, 0.25) is 0 Å². The maximum Gasteiger partial charge on any atom is 0.306 e. The van der Waals surface area contributed by atoms with E-state index in [1.807, 2.05) is 12.3 Å². The molecular weight excluding hydrogens is 216 g/mol. The van der Waals surface area contributed by atoms with Gasteiger partial charge in [-0.25, -0.2) is 0 Å². The zero-order valence-corrected chi connectivity index (χ0v) is 10.1. The van der Waals surface area contributed by atoms with E-state index in [2.05, 4.69) is 16.8 Å². The molecule has 2 heterocycles. The van der Waals surface area contributed by atoms with E-state index < -0.39 is 5.97 Å². The minimum atomic E-state index is -0.651. The largest absolute Gasteiger partial charge is 0.481 e. The predicted molar refractivity (Wildman–Crippen MR) is 64.6 cm³/mol. The number of aryl methyl sites for hydroxylation is 1. The molecular formula is C13H18N2O2. The smallest absolute Gasteiger partial charge is 0.306 e. The number of pyridine rings is 1. The molecule has 0 bridgehead atoms. The molecule has 0 spiro atoms. The zero-order valence-electron chi connectivity index (χ0n) is 10.1. The normalized spacial score (nSPS) is 18.2. The van der Waals surface area contributed by atoms with E-state index in [9.17, 15) is 4.79 Å². The summed E-state index contributed by atoms with van der Waals surface area (Å²) >= 11 is 0. The Kier molecular flexibility index (Phi) is 3.74. The van der Waals surface area contributed by atoms with E-state index in [4.69, 9.17) is 5.11 Å². The van der Waals surface area contributed by atoms with Crippen LogP contribution in [0.25, 0.3) is 0 Å². The number of hydrogen-bond acceptors (Lipinski definition) is 3. The fraction of sp³-hybridized carbons (Fsp3) is 0.538. The summed E-state index contributed by atoms with van der Waals surface area (Å²) < 4.78 is 0. The van der Waals surface area contributed by atoms with E-state index in [0.29, 0.717) is 0 Å². The summed E-state index contributed by atoms with van der Waals surface area (Å²) in [5.74, 6) is -0.802. The van der Waals surface area contributed by atoms with Crippen molar-refractivity contribution >= 4 is 5.97 Å². The van der Waals surface area contributed by atoms with Crippen molar-refractivity contribution in [2.75, 3.05) is 13.1 Å². The summed E-state index contributed by atoms with van der Waals surface area (Å²) in [6.45, 7) is 4.70.